The molecule has 26 heavy (non-hydrogen) atoms. The van der Waals surface area contributed by atoms with Gasteiger partial charge in [-0.1, -0.05) is 35.9 Å². The minimum Gasteiger partial charge on any atom is -0.479 e. The largest absolute Gasteiger partial charge is 0.479 e. The van der Waals surface area contributed by atoms with Gasteiger partial charge in [0.1, 0.15) is 5.75 Å². The van der Waals surface area contributed by atoms with E-state index in [1.165, 1.54) is 5.69 Å². The summed E-state index contributed by atoms with van der Waals surface area (Å²) in [4.78, 5) is 14.5. The molecule has 5 nitrogen and oxygen atoms in total. The maximum atomic E-state index is 12.2. The molecule has 1 atom stereocenters. The van der Waals surface area contributed by atoms with E-state index in [1.807, 2.05) is 24.3 Å². The van der Waals surface area contributed by atoms with E-state index in [4.69, 9.17) is 21.1 Å². The molecule has 0 bridgehead atoms. The van der Waals surface area contributed by atoms with E-state index in [0.717, 1.165) is 31.9 Å². The van der Waals surface area contributed by atoms with Crippen molar-refractivity contribution in [1.29, 1.82) is 0 Å². The van der Waals surface area contributed by atoms with Crippen molar-refractivity contribution in [3.8, 4) is 5.75 Å². The number of carbonyl (C=O) groups is 1. The van der Waals surface area contributed by atoms with E-state index in [-0.39, 0.29) is 5.91 Å². The summed E-state index contributed by atoms with van der Waals surface area (Å²) >= 11 is 6.06. The predicted octanol–water partition coefficient (Wildman–Crippen LogP) is 3.26. The third kappa shape index (κ3) is 4.90. The highest BCUT2D eigenvalue weighted by Crippen LogP contribution is 2.24. The van der Waals surface area contributed by atoms with Gasteiger partial charge in [-0.15, -0.1) is 0 Å². The zero-order chi connectivity index (χ0) is 18.4. The third-order valence-corrected chi connectivity index (χ3v) is 4.60. The number of amides is 1. The molecule has 0 spiro atoms. The van der Waals surface area contributed by atoms with Gasteiger partial charge in [0.05, 0.1) is 18.2 Å². The Hall–Kier alpha value is -2.24. The molecule has 1 heterocycles. The average molecular weight is 375 g/mol. The first-order valence-electron chi connectivity index (χ1n) is 8.74. The molecule has 1 saturated heterocycles. The first-order valence-corrected chi connectivity index (χ1v) is 9.12. The van der Waals surface area contributed by atoms with Gasteiger partial charge in [-0.2, -0.15) is 0 Å². The molecule has 0 aliphatic carbocycles. The summed E-state index contributed by atoms with van der Waals surface area (Å²) < 4.78 is 11.0. The van der Waals surface area contributed by atoms with E-state index in [9.17, 15) is 4.79 Å². The summed E-state index contributed by atoms with van der Waals surface area (Å²) in [6, 6.07) is 15.3. The van der Waals surface area contributed by atoms with E-state index in [2.05, 4.69) is 22.3 Å². The number of anilines is 1. The number of para-hydroxylation sites is 1. The summed E-state index contributed by atoms with van der Waals surface area (Å²) in [7, 11) is 0. The molecular formula is C20H23ClN2O3. The summed E-state index contributed by atoms with van der Waals surface area (Å²) in [5, 5.41) is 3.39. The van der Waals surface area contributed by atoms with E-state index in [0.29, 0.717) is 17.3 Å². The van der Waals surface area contributed by atoms with Crippen LogP contribution in [0.5, 0.6) is 5.75 Å². The van der Waals surface area contributed by atoms with Crippen LogP contribution in [0.2, 0.25) is 5.02 Å². The maximum Gasteiger partial charge on any atom is 0.261 e. The highest BCUT2D eigenvalue weighted by molar-refractivity contribution is 6.32. The number of halogens is 1. The molecule has 3 rings (SSSR count). The number of hydrogen-bond donors (Lipinski definition) is 1. The molecule has 1 fully saturated rings. The van der Waals surface area contributed by atoms with Crippen LogP contribution >= 0.6 is 11.6 Å². The monoisotopic (exact) mass is 374 g/mol. The minimum atomic E-state index is -0.623. The Bertz CT molecular complexity index is 730. The molecule has 6 heteroatoms. The molecule has 2 aromatic carbocycles. The molecular weight excluding hydrogens is 352 g/mol. The summed E-state index contributed by atoms with van der Waals surface area (Å²) in [5.74, 6) is 0.328. The fraction of sp³-hybridized carbons (Fsp3) is 0.350. The number of morpholine rings is 1. The van der Waals surface area contributed by atoms with Gasteiger partial charge in [-0.3, -0.25) is 4.79 Å². The first kappa shape index (κ1) is 18.5. The van der Waals surface area contributed by atoms with Gasteiger partial charge in [0.2, 0.25) is 0 Å². The number of hydrogen-bond acceptors (Lipinski definition) is 4. The van der Waals surface area contributed by atoms with Crippen molar-refractivity contribution in [2.24, 2.45) is 0 Å². The van der Waals surface area contributed by atoms with Crippen LogP contribution in [-0.4, -0.2) is 38.3 Å². The minimum absolute atomic E-state index is 0.179. The van der Waals surface area contributed by atoms with Crippen LogP contribution in [-0.2, 0) is 16.1 Å². The van der Waals surface area contributed by atoms with Gasteiger partial charge in [0, 0.05) is 25.3 Å². The van der Waals surface area contributed by atoms with Crippen LogP contribution in [0.4, 0.5) is 5.69 Å². The number of carbonyl (C=O) groups excluding carboxylic acids is 1. The molecule has 1 amide bonds. The Morgan fingerprint density at radius 2 is 1.88 bits per heavy atom. The molecule has 0 unspecified atom stereocenters. The van der Waals surface area contributed by atoms with Crippen LogP contribution in [0.25, 0.3) is 0 Å². The molecule has 1 aliphatic heterocycles. The zero-order valence-corrected chi connectivity index (χ0v) is 15.5. The molecule has 0 radical (unpaired) electrons. The number of benzene rings is 2. The zero-order valence-electron chi connectivity index (χ0n) is 14.8. The van der Waals surface area contributed by atoms with Gasteiger partial charge < -0.3 is 19.7 Å². The van der Waals surface area contributed by atoms with Crippen LogP contribution in [0.1, 0.15) is 12.5 Å². The summed E-state index contributed by atoms with van der Waals surface area (Å²) in [5.41, 5.74) is 2.22. The summed E-state index contributed by atoms with van der Waals surface area (Å²) in [6.45, 7) is 5.51. The Labute approximate surface area is 158 Å². The second kappa shape index (κ2) is 8.92. The normalized spacial score (nSPS) is 15.4. The average Bonchev–Trinajstić information content (AvgIpc) is 2.69. The lowest BCUT2D eigenvalue weighted by molar-refractivity contribution is -0.127. The number of nitrogens with one attached hydrogen (secondary N) is 1. The van der Waals surface area contributed by atoms with Crippen LogP contribution < -0.4 is 15.0 Å². The highest BCUT2D eigenvalue weighted by Gasteiger charge is 2.16. The van der Waals surface area contributed by atoms with Crippen molar-refractivity contribution in [1.82, 2.24) is 5.32 Å². The molecule has 1 aliphatic rings. The Kier molecular flexibility index (Phi) is 6.36. The first-order chi connectivity index (χ1) is 12.6. The molecule has 138 valence electrons. The fourth-order valence-electron chi connectivity index (χ4n) is 2.76. The van der Waals surface area contributed by atoms with E-state index < -0.39 is 6.10 Å². The van der Waals surface area contributed by atoms with Crippen LogP contribution in [0.3, 0.4) is 0 Å². The molecule has 0 aromatic heterocycles. The lowest BCUT2D eigenvalue weighted by Crippen LogP contribution is -2.36. The van der Waals surface area contributed by atoms with Gasteiger partial charge in [-0.25, -0.2) is 0 Å². The maximum absolute atomic E-state index is 12.2. The van der Waals surface area contributed by atoms with Crippen LogP contribution in [0, 0.1) is 0 Å². The fourth-order valence-corrected chi connectivity index (χ4v) is 2.94. The smallest absolute Gasteiger partial charge is 0.261 e. The van der Waals surface area contributed by atoms with Crippen molar-refractivity contribution in [2.45, 2.75) is 19.6 Å². The third-order valence-electron chi connectivity index (χ3n) is 4.29. The van der Waals surface area contributed by atoms with E-state index in [1.54, 1.807) is 19.1 Å². The van der Waals surface area contributed by atoms with Gasteiger partial charge in [0.15, 0.2) is 6.10 Å². The standard InChI is InChI=1S/C20H23ClN2O3/c1-15(26-19-5-3-2-4-18(19)21)20(24)22-14-16-6-8-17(9-7-16)23-10-12-25-13-11-23/h2-9,15H,10-14H2,1H3,(H,22,24)/t15-/m1/s1. The Morgan fingerprint density at radius 3 is 2.58 bits per heavy atom. The number of ether oxygens (including phenoxy) is 2. The number of rotatable bonds is 6. The van der Waals surface area contributed by atoms with E-state index >= 15 is 0 Å². The van der Waals surface area contributed by atoms with Gasteiger partial charge in [-0.05, 0) is 36.8 Å². The van der Waals surface area contributed by atoms with Crippen molar-refractivity contribution in [3.05, 3.63) is 59.1 Å². The van der Waals surface area contributed by atoms with Crippen LogP contribution in [0.15, 0.2) is 48.5 Å². The molecule has 2 aromatic rings. The lowest BCUT2D eigenvalue weighted by atomic mass is 10.2. The highest BCUT2D eigenvalue weighted by atomic mass is 35.5. The number of nitrogens with zero attached hydrogens (tertiary/aromatic N) is 1. The lowest BCUT2D eigenvalue weighted by Gasteiger charge is -2.28. The summed E-state index contributed by atoms with van der Waals surface area (Å²) in [6.07, 6.45) is -0.623. The predicted molar refractivity (Wildman–Crippen MR) is 103 cm³/mol. The van der Waals surface area contributed by atoms with Crippen molar-refractivity contribution in [3.63, 3.8) is 0 Å². The molecule has 0 saturated carbocycles. The topological polar surface area (TPSA) is 50.8 Å². The second-order valence-electron chi connectivity index (χ2n) is 6.17. The van der Waals surface area contributed by atoms with Crippen molar-refractivity contribution in [2.75, 3.05) is 31.2 Å². The Balaban J connectivity index is 1.50. The quantitative estimate of drug-likeness (QED) is 0.843. The Morgan fingerprint density at radius 1 is 1.19 bits per heavy atom. The van der Waals surface area contributed by atoms with Crippen molar-refractivity contribution < 1.29 is 14.3 Å². The van der Waals surface area contributed by atoms with Gasteiger partial charge in [0.25, 0.3) is 5.91 Å². The van der Waals surface area contributed by atoms with Crippen molar-refractivity contribution >= 4 is 23.2 Å². The van der Waals surface area contributed by atoms with Gasteiger partial charge >= 0.3 is 0 Å². The SMILES string of the molecule is C[C@@H](Oc1ccccc1Cl)C(=O)NCc1ccc(N2CCOCC2)cc1. The second-order valence-corrected chi connectivity index (χ2v) is 6.58. The molecule has 1 N–H and O–H groups in total.